The molecule has 0 unspecified atom stereocenters. The van der Waals surface area contributed by atoms with Crippen LogP contribution in [0, 0.1) is 5.92 Å². The first kappa shape index (κ1) is 16.8. The molecule has 0 aromatic carbocycles. The second kappa shape index (κ2) is 7.28. The average molecular weight is 344 g/mol. The molecule has 4 heterocycles. The lowest BCUT2D eigenvalue weighted by molar-refractivity contribution is -0.140. The maximum atomic E-state index is 12.8. The number of ether oxygens (including phenoxy) is 1. The first-order chi connectivity index (χ1) is 12.3. The van der Waals surface area contributed by atoms with Crippen LogP contribution in [0.3, 0.4) is 0 Å². The average Bonchev–Trinajstić information content (AvgIpc) is 3.04. The molecule has 0 N–H and O–H groups in total. The highest BCUT2D eigenvalue weighted by Crippen LogP contribution is 2.34. The van der Waals surface area contributed by atoms with Crippen molar-refractivity contribution >= 4 is 11.9 Å². The Morgan fingerprint density at radius 3 is 2.80 bits per heavy atom. The third-order valence-corrected chi connectivity index (χ3v) is 6.05. The van der Waals surface area contributed by atoms with Gasteiger partial charge in [0.15, 0.2) is 0 Å². The number of methoxy groups -OCH3 is 1. The van der Waals surface area contributed by atoms with Crippen LogP contribution in [0.5, 0.6) is 0 Å². The van der Waals surface area contributed by atoms with Crippen molar-refractivity contribution in [1.82, 2.24) is 14.9 Å². The zero-order valence-corrected chi connectivity index (χ0v) is 15.1. The van der Waals surface area contributed by atoms with Gasteiger partial charge in [-0.2, -0.15) is 0 Å². The number of amides is 1. The smallest absolute Gasteiger partial charge is 0.227 e. The second-order valence-electron chi connectivity index (χ2n) is 7.62. The summed E-state index contributed by atoms with van der Waals surface area (Å²) in [6.45, 7) is 2.86. The third-order valence-electron chi connectivity index (χ3n) is 6.05. The van der Waals surface area contributed by atoms with Crippen molar-refractivity contribution in [2.24, 2.45) is 5.92 Å². The van der Waals surface area contributed by atoms with Crippen LogP contribution >= 0.6 is 0 Å². The summed E-state index contributed by atoms with van der Waals surface area (Å²) in [5, 5.41) is 0. The SMILES string of the molecule is COCCN1C(=O)[C@H]2CC[C@@H]1CN(c1nccc(C3CCCC3)n1)C2. The standard InChI is InChI=1S/C19H28N4O2/c1-25-11-10-23-16-7-6-15(18(23)24)12-22(13-16)19-20-9-8-17(21-19)14-4-2-3-5-14/h8-9,14-16H,2-7,10-13H2,1H3/t15-,16+/m0/s1. The van der Waals surface area contributed by atoms with Gasteiger partial charge in [-0.1, -0.05) is 12.8 Å². The maximum Gasteiger partial charge on any atom is 0.227 e. The van der Waals surface area contributed by atoms with E-state index in [1.54, 1.807) is 7.11 Å². The number of nitrogens with zero attached hydrogens (tertiary/aromatic N) is 4. The first-order valence-corrected chi connectivity index (χ1v) is 9.63. The molecule has 2 atom stereocenters. The summed E-state index contributed by atoms with van der Waals surface area (Å²) >= 11 is 0. The minimum absolute atomic E-state index is 0.0642. The fraction of sp³-hybridized carbons (Fsp3) is 0.737. The second-order valence-corrected chi connectivity index (χ2v) is 7.62. The highest BCUT2D eigenvalue weighted by molar-refractivity contribution is 5.81. The van der Waals surface area contributed by atoms with Crippen molar-refractivity contribution in [3.05, 3.63) is 18.0 Å². The molecule has 1 aliphatic carbocycles. The summed E-state index contributed by atoms with van der Waals surface area (Å²) in [6, 6.07) is 2.32. The van der Waals surface area contributed by atoms with E-state index in [4.69, 9.17) is 9.72 Å². The largest absolute Gasteiger partial charge is 0.383 e. The molecule has 3 saturated heterocycles. The van der Waals surface area contributed by atoms with Crippen LogP contribution in [0.4, 0.5) is 5.95 Å². The van der Waals surface area contributed by atoms with E-state index >= 15 is 0 Å². The molecule has 4 fully saturated rings. The Labute approximate surface area is 149 Å². The Kier molecular flexibility index (Phi) is 4.88. The fourth-order valence-corrected chi connectivity index (χ4v) is 4.65. The quantitative estimate of drug-likeness (QED) is 0.820. The lowest BCUT2D eigenvalue weighted by Crippen LogP contribution is -2.49. The number of hydrogen-bond donors (Lipinski definition) is 0. The van der Waals surface area contributed by atoms with Gasteiger partial charge in [-0.3, -0.25) is 4.79 Å². The van der Waals surface area contributed by atoms with Gasteiger partial charge in [-0.25, -0.2) is 9.97 Å². The van der Waals surface area contributed by atoms with Crippen molar-refractivity contribution < 1.29 is 9.53 Å². The highest BCUT2D eigenvalue weighted by Gasteiger charge is 2.41. The summed E-state index contributed by atoms with van der Waals surface area (Å²) in [7, 11) is 1.69. The van der Waals surface area contributed by atoms with E-state index in [0.29, 0.717) is 19.1 Å². The van der Waals surface area contributed by atoms with Crippen LogP contribution in [0.15, 0.2) is 12.3 Å². The van der Waals surface area contributed by atoms with E-state index in [1.807, 2.05) is 11.1 Å². The van der Waals surface area contributed by atoms with Gasteiger partial charge in [-0.15, -0.1) is 0 Å². The van der Waals surface area contributed by atoms with Crippen LogP contribution in [-0.2, 0) is 9.53 Å². The Bertz CT molecular complexity index is 617. The van der Waals surface area contributed by atoms with Gasteiger partial charge in [0.2, 0.25) is 11.9 Å². The molecule has 3 aliphatic heterocycles. The Balaban J connectivity index is 1.54. The molecule has 0 spiro atoms. The van der Waals surface area contributed by atoms with Gasteiger partial charge in [0.25, 0.3) is 0 Å². The molecule has 1 aromatic heterocycles. The van der Waals surface area contributed by atoms with Crippen molar-refractivity contribution in [3.63, 3.8) is 0 Å². The summed E-state index contributed by atoms with van der Waals surface area (Å²) in [6.07, 6.45) is 9.04. The number of carbonyl (C=O) groups is 1. The van der Waals surface area contributed by atoms with Gasteiger partial charge in [-0.05, 0) is 31.7 Å². The maximum absolute atomic E-state index is 12.8. The van der Waals surface area contributed by atoms with Crippen LogP contribution in [0.25, 0.3) is 0 Å². The number of anilines is 1. The van der Waals surface area contributed by atoms with Crippen molar-refractivity contribution in [2.75, 3.05) is 38.3 Å². The van der Waals surface area contributed by atoms with Crippen molar-refractivity contribution in [2.45, 2.75) is 50.5 Å². The molecule has 1 amide bonds. The molecule has 4 aliphatic rings. The van der Waals surface area contributed by atoms with E-state index in [1.165, 1.54) is 31.4 Å². The molecule has 6 nitrogen and oxygen atoms in total. The molecule has 6 heteroatoms. The zero-order valence-electron chi connectivity index (χ0n) is 15.1. The van der Waals surface area contributed by atoms with E-state index in [9.17, 15) is 4.79 Å². The number of fused-ring (bicyclic) bond motifs is 4. The predicted octanol–water partition coefficient (Wildman–Crippen LogP) is 2.21. The normalized spacial score (nSPS) is 27.2. The topological polar surface area (TPSA) is 58.6 Å². The van der Waals surface area contributed by atoms with Gasteiger partial charge >= 0.3 is 0 Å². The number of rotatable bonds is 5. The molecule has 1 aromatic rings. The lowest BCUT2D eigenvalue weighted by Gasteiger charge is -2.35. The summed E-state index contributed by atoms with van der Waals surface area (Å²) in [5.41, 5.74) is 1.18. The van der Waals surface area contributed by atoms with Gasteiger partial charge in [0.1, 0.15) is 0 Å². The van der Waals surface area contributed by atoms with E-state index in [-0.39, 0.29) is 17.9 Å². The fourth-order valence-electron chi connectivity index (χ4n) is 4.65. The predicted molar refractivity (Wildman–Crippen MR) is 95.6 cm³/mol. The Morgan fingerprint density at radius 1 is 1.16 bits per heavy atom. The molecule has 0 radical (unpaired) electrons. The third kappa shape index (κ3) is 3.36. The number of aromatic nitrogens is 2. The molecule has 25 heavy (non-hydrogen) atoms. The molecule has 2 bridgehead atoms. The van der Waals surface area contributed by atoms with Crippen molar-refractivity contribution in [3.8, 4) is 0 Å². The van der Waals surface area contributed by atoms with E-state index < -0.39 is 0 Å². The Hall–Kier alpha value is -1.69. The monoisotopic (exact) mass is 344 g/mol. The van der Waals surface area contributed by atoms with Crippen LogP contribution in [-0.4, -0.2) is 60.2 Å². The van der Waals surface area contributed by atoms with Crippen LogP contribution in [0.2, 0.25) is 0 Å². The number of piperidine rings is 1. The van der Waals surface area contributed by atoms with Crippen LogP contribution in [0.1, 0.15) is 50.1 Å². The van der Waals surface area contributed by atoms with Crippen molar-refractivity contribution in [1.29, 1.82) is 0 Å². The van der Waals surface area contributed by atoms with E-state index in [2.05, 4.69) is 16.0 Å². The summed E-state index contributed by atoms with van der Waals surface area (Å²) < 4.78 is 5.19. The number of hydrogen-bond acceptors (Lipinski definition) is 5. The molecule has 5 rings (SSSR count). The highest BCUT2D eigenvalue weighted by atomic mass is 16.5. The van der Waals surface area contributed by atoms with Gasteiger partial charge in [0, 0.05) is 50.6 Å². The lowest BCUT2D eigenvalue weighted by atomic mass is 9.94. The Morgan fingerprint density at radius 2 is 2.00 bits per heavy atom. The summed E-state index contributed by atoms with van der Waals surface area (Å²) in [5.74, 6) is 1.74. The minimum atomic E-state index is 0.0642. The molecule has 136 valence electrons. The molecule has 1 saturated carbocycles. The molecular weight excluding hydrogens is 316 g/mol. The number of carbonyl (C=O) groups excluding carboxylic acids is 1. The van der Waals surface area contributed by atoms with Crippen LogP contribution < -0.4 is 4.90 Å². The van der Waals surface area contributed by atoms with Gasteiger partial charge < -0.3 is 14.5 Å². The van der Waals surface area contributed by atoms with E-state index in [0.717, 1.165) is 31.9 Å². The minimum Gasteiger partial charge on any atom is -0.383 e. The molecular formula is C19H28N4O2. The first-order valence-electron chi connectivity index (χ1n) is 9.63. The summed E-state index contributed by atoms with van der Waals surface area (Å²) in [4.78, 5) is 26.5. The zero-order chi connectivity index (χ0) is 17.2. The van der Waals surface area contributed by atoms with Gasteiger partial charge in [0.05, 0.1) is 12.5 Å².